The number of phenols is 1. The fourth-order valence-electron chi connectivity index (χ4n) is 5.58. The zero-order valence-electron chi connectivity index (χ0n) is 20.8. The highest BCUT2D eigenvalue weighted by molar-refractivity contribution is 6.31. The molecular formula is C31H33ClFNO2. The summed E-state index contributed by atoms with van der Waals surface area (Å²) in [7, 11) is 0. The van der Waals surface area contributed by atoms with Gasteiger partial charge in [0.05, 0.1) is 6.67 Å². The molecule has 188 valence electrons. The Labute approximate surface area is 218 Å². The molecule has 1 N–H and O–H groups in total. The molecule has 0 aromatic heterocycles. The minimum absolute atomic E-state index is 0.140. The lowest BCUT2D eigenvalue weighted by Gasteiger charge is -2.19. The van der Waals surface area contributed by atoms with Gasteiger partial charge in [0, 0.05) is 24.7 Å². The van der Waals surface area contributed by atoms with Crippen LogP contribution in [0.1, 0.15) is 53.5 Å². The summed E-state index contributed by atoms with van der Waals surface area (Å²) in [6, 6.07) is 20.2. The number of benzene rings is 3. The lowest BCUT2D eigenvalue weighted by molar-refractivity contribution is 0.198. The summed E-state index contributed by atoms with van der Waals surface area (Å²) >= 11 is 6.53. The first kappa shape index (κ1) is 24.9. The first-order valence-corrected chi connectivity index (χ1v) is 13.3. The number of aromatic hydroxyl groups is 1. The first-order valence-electron chi connectivity index (χ1n) is 12.9. The highest BCUT2D eigenvalue weighted by Gasteiger charge is 2.24. The molecule has 0 saturated carbocycles. The van der Waals surface area contributed by atoms with E-state index in [1.165, 1.54) is 22.3 Å². The molecule has 1 aliphatic heterocycles. The van der Waals surface area contributed by atoms with Crippen molar-refractivity contribution in [3.8, 4) is 11.5 Å². The molecule has 1 heterocycles. The molecule has 3 nitrogen and oxygen atoms in total. The van der Waals surface area contributed by atoms with Gasteiger partial charge in [-0.25, -0.2) is 0 Å². The van der Waals surface area contributed by atoms with Crippen LogP contribution >= 0.6 is 11.6 Å². The van der Waals surface area contributed by atoms with Crippen molar-refractivity contribution in [1.29, 1.82) is 0 Å². The molecule has 1 aliphatic carbocycles. The predicted molar refractivity (Wildman–Crippen MR) is 146 cm³/mol. The Balaban J connectivity index is 1.50. The van der Waals surface area contributed by atoms with Gasteiger partial charge in [0.1, 0.15) is 17.6 Å². The SMILES string of the molecule is Cc1c(Cl)cccc1C1=C(c2ccc(O[C@H]3CCN(CCCF)C3)cc2)c2ccc(O)cc2CCC1. The van der Waals surface area contributed by atoms with E-state index in [4.69, 9.17) is 16.3 Å². The third-order valence-electron chi connectivity index (χ3n) is 7.41. The van der Waals surface area contributed by atoms with Crippen LogP contribution in [0.15, 0.2) is 60.7 Å². The minimum atomic E-state index is -0.265. The summed E-state index contributed by atoms with van der Waals surface area (Å²) in [5, 5.41) is 10.9. The number of phenolic OH excluding ortho intramolecular Hbond substituents is 1. The van der Waals surface area contributed by atoms with Gasteiger partial charge < -0.3 is 9.84 Å². The Morgan fingerprint density at radius 1 is 1.06 bits per heavy atom. The van der Waals surface area contributed by atoms with Crippen LogP contribution in [0.4, 0.5) is 4.39 Å². The molecule has 36 heavy (non-hydrogen) atoms. The fraction of sp³-hybridized carbons (Fsp3) is 0.355. The maximum atomic E-state index is 12.5. The van der Waals surface area contributed by atoms with Gasteiger partial charge in [-0.15, -0.1) is 0 Å². The Bertz CT molecular complexity index is 1250. The number of fused-ring (bicyclic) bond motifs is 1. The standard InChI is InChI=1S/C31H33ClFNO2/c1-21-27(6-3-8-30(21)32)29-7-2-5-23-19-24(35)11-14-28(23)31(29)22-9-12-25(13-10-22)36-26-15-18-34(20-26)17-4-16-33/h3,6,8-14,19,26,35H,2,4-5,7,15-18,20H2,1H3/t26-/m0/s1. The summed E-state index contributed by atoms with van der Waals surface area (Å²) in [6.07, 6.45) is 4.54. The van der Waals surface area contributed by atoms with Crippen molar-refractivity contribution in [1.82, 2.24) is 4.90 Å². The minimum Gasteiger partial charge on any atom is -0.508 e. The van der Waals surface area contributed by atoms with Crippen LogP contribution in [-0.4, -0.2) is 42.4 Å². The Kier molecular flexibility index (Phi) is 7.64. The third-order valence-corrected chi connectivity index (χ3v) is 7.82. The second-order valence-electron chi connectivity index (χ2n) is 9.86. The van der Waals surface area contributed by atoms with Crippen molar-refractivity contribution >= 4 is 22.7 Å². The summed E-state index contributed by atoms with van der Waals surface area (Å²) in [5.74, 6) is 1.16. The van der Waals surface area contributed by atoms with Gasteiger partial charge >= 0.3 is 0 Å². The van der Waals surface area contributed by atoms with Crippen molar-refractivity contribution in [2.24, 2.45) is 0 Å². The Hall–Kier alpha value is -2.82. The second-order valence-corrected chi connectivity index (χ2v) is 10.3. The van der Waals surface area contributed by atoms with Gasteiger partial charge in [-0.2, -0.15) is 0 Å². The third kappa shape index (κ3) is 5.30. The summed E-state index contributed by atoms with van der Waals surface area (Å²) in [5.41, 5.74) is 8.20. The van der Waals surface area contributed by atoms with Gasteiger partial charge in [-0.1, -0.05) is 41.9 Å². The molecule has 1 fully saturated rings. The van der Waals surface area contributed by atoms with Crippen LogP contribution < -0.4 is 4.74 Å². The van der Waals surface area contributed by atoms with Crippen LogP contribution in [0.2, 0.25) is 5.02 Å². The van der Waals surface area contributed by atoms with Crippen molar-refractivity contribution < 1.29 is 14.2 Å². The Morgan fingerprint density at radius 2 is 1.89 bits per heavy atom. The number of nitrogens with zero attached hydrogens (tertiary/aromatic N) is 1. The second kappa shape index (κ2) is 11.1. The van der Waals surface area contributed by atoms with E-state index >= 15 is 0 Å². The van der Waals surface area contributed by atoms with E-state index in [-0.39, 0.29) is 12.8 Å². The average Bonchev–Trinajstić information content (AvgIpc) is 3.24. The van der Waals surface area contributed by atoms with Gasteiger partial charge in [0.25, 0.3) is 0 Å². The quantitative estimate of drug-likeness (QED) is 0.361. The number of hydrogen-bond acceptors (Lipinski definition) is 3. The first-order chi connectivity index (χ1) is 17.5. The maximum absolute atomic E-state index is 12.5. The normalized spacial score (nSPS) is 18.2. The molecule has 5 rings (SSSR count). The van der Waals surface area contributed by atoms with Crippen molar-refractivity contribution in [3.05, 3.63) is 93.5 Å². The zero-order chi connectivity index (χ0) is 25.1. The number of halogens is 2. The molecular weight excluding hydrogens is 473 g/mol. The lowest BCUT2D eigenvalue weighted by atomic mass is 9.86. The smallest absolute Gasteiger partial charge is 0.119 e. The van der Waals surface area contributed by atoms with E-state index in [1.54, 1.807) is 6.07 Å². The summed E-state index contributed by atoms with van der Waals surface area (Å²) in [4.78, 5) is 2.28. The molecule has 3 aromatic carbocycles. The molecule has 3 aromatic rings. The zero-order valence-corrected chi connectivity index (χ0v) is 21.5. The summed E-state index contributed by atoms with van der Waals surface area (Å²) in [6.45, 7) is 4.42. The van der Waals surface area contributed by atoms with E-state index in [0.29, 0.717) is 12.2 Å². The molecule has 0 bridgehead atoms. The van der Waals surface area contributed by atoms with Crippen molar-refractivity contribution in [3.63, 3.8) is 0 Å². The van der Waals surface area contributed by atoms with E-state index in [0.717, 1.165) is 72.8 Å². The van der Waals surface area contributed by atoms with Crippen LogP contribution in [-0.2, 0) is 6.42 Å². The Morgan fingerprint density at radius 3 is 2.69 bits per heavy atom. The number of hydrogen-bond donors (Lipinski definition) is 1. The lowest BCUT2D eigenvalue weighted by Crippen LogP contribution is -2.26. The highest BCUT2D eigenvalue weighted by atomic mass is 35.5. The van der Waals surface area contributed by atoms with E-state index in [1.807, 2.05) is 24.3 Å². The van der Waals surface area contributed by atoms with Crippen molar-refractivity contribution in [2.75, 3.05) is 26.3 Å². The predicted octanol–water partition coefficient (Wildman–Crippen LogP) is 7.46. The van der Waals surface area contributed by atoms with E-state index in [9.17, 15) is 9.50 Å². The maximum Gasteiger partial charge on any atom is 0.119 e. The number of allylic oxidation sites excluding steroid dienone is 1. The van der Waals surface area contributed by atoms with Gasteiger partial charge in [-0.3, -0.25) is 9.29 Å². The number of alkyl halides is 1. The number of aryl methyl sites for hydroxylation is 1. The highest BCUT2D eigenvalue weighted by Crippen LogP contribution is 2.42. The molecule has 0 radical (unpaired) electrons. The molecule has 2 aliphatic rings. The van der Waals surface area contributed by atoms with Crippen LogP contribution in [0.5, 0.6) is 11.5 Å². The number of likely N-dealkylation sites (tertiary alicyclic amines) is 1. The number of rotatable bonds is 7. The van der Waals surface area contributed by atoms with Gasteiger partial charge in [-0.05, 0) is 108 Å². The van der Waals surface area contributed by atoms with Crippen LogP contribution in [0.25, 0.3) is 11.1 Å². The molecule has 0 spiro atoms. The summed E-state index contributed by atoms with van der Waals surface area (Å²) < 4.78 is 18.8. The topological polar surface area (TPSA) is 32.7 Å². The molecule has 1 atom stereocenters. The molecule has 1 saturated heterocycles. The van der Waals surface area contributed by atoms with Gasteiger partial charge in [0.15, 0.2) is 0 Å². The average molecular weight is 506 g/mol. The molecule has 5 heteroatoms. The van der Waals surface area contributed by atoms with E-state index < -0.39 is 0 Å². The fourth-order valence-corrected chi connectivity index (χ4v) is 5.75. The molecule has 0 unspecified atom stereocenters. The van der Waals surface area contributed by atoms with Crippen LogP contribution in [0, 0.1) is 6.92 Å². The van der Waals surface area contributed by atoms with Gasteiger partial charge in [0.2, 0.25) is 0 Å². The monoisotopic (exact) mass is 505 g/mol. The van der Waals surface area contributed by atoms with E-state index in [2.05, 4.69) is 42.2 Å². The largest absolute Gasteiger partial charge is 0.508 e. The van der Waals surface area contributed by atoms with Crippen LogP contribution in [0.3, 0.4) is 0 Å². The molecule has 0 amide bonds. The number of ether oxygens (including phenoxy) is 1. The van der Waals surface area contributed by atoms with Crippen molar-refractivity contribution in [2.45, 2.75) is 45.1 Å².